The average Bonchev–Trinajstić information content (AvgIpc) is 2.75. The minimum absolute atomic E-state index is 0.138. The molecule has 0 atom stereocenters. The van der Waals surface area contributed by atoms with E-state index in [-0.39, 0.29) is 5.97 Å². The molecule has 1 aliphatic heterocycles. The fraction of sp³-hybridized carbons (Fsp3) is 0.667. The van der Waals surface area contributed by atoms with Crippen LogP contribution in [0.15, 0.2) is 12.1 Å². The summed E-state index contributed by atoms with van der Waals surface area (Å²) >= 11 is 7.59. The van der Waals surface area contributed by atoms with Crippen molar-refractivity contribution in [3.05, 3.63) is 21.3 Å². The number of halogens is 1. The van der Waals surface area contributed by atoms with E-state index in [0.29, 0.717) is 6.54 Å². The van der Waals surface area contributed by atoms with Crippen LogP contribution in [0.1, 0.15) is 25.6 Å². The van der Waals surface area contributed by atoms with Gasteiger partial charge in [-0.1, -0.05) is 11.6 Å². The molecule has 1 aliphatic rings. The topological polar surface area (TPSA) is 32.8 Å². The largest absolute Gasteiger partial charge is 0.459 e. The van der Waals surface area contributed by atoms with E-state index >= 15 is 0 Å². The number of ether oxygens (including phenoxy) is 1. The predicted molar refractivity (Wildman–Crippen MR) is 86.9 cm³/mol. The SMILES string of the molecule is CC(C)(C)OC(=O)CN1CCN(Cc2ccc(Cl)s2)CC1. The van der Waals surface area contributed by atoms with Crippen molar-refractivity contribution in [3.8, 4) is 0 Å². The Bertz CT molecular complexity index is 476. The summed E-state index contributed by atoms with van der Waals surface area (Å²) in [5.74, 6) is -0.138. The van der Waals surface area contributed by atoms with E-state index in [9.17, 15) is 4.79 Å². The van der Waals surface area contributed by atoms with Gasteiger partial charge in [-0.2, -0.15) is 0 Å². The van der Waals surface area contributed by atoms with Crippen LogP contribution in [-0.4, -0.2) is 54.1 Å². The van der Waals surface area contributed by atoms with Gasteiger partial charge in [-0.3, -0.25) is 14.6 Å². The van der Waals surface area contributed by atoms with Crippen LogP contribution in [-0.2, 0) is 16.1 Å². The van der Waals surface area contributed by atoms with Crippen LogP contribution in [0.4, 0.5) is 0 Å². The molecule has 118 valence electrons. The monoisotopic (exact) mass is 330 g/mol. The fourth-order valence-corrected chi connectivity index (χ4v) is 3.45. The molecule has 0 spiro atoms. The summed E-state index contributed by atoms with van der Waals surface area (Å²) in [5.41, 5.74) is -0.405. The van der Waals surface area contributed by atoms with E-state index in [2.05, 4.69) is 15.9 Å². The Balaban J connectivity index is 1.72. The molecule has 2 rings (SSSR count). The van der Waals surface area contributed by atoms with Gasteiger partial charge >= 0.3 is 5.97 Å². The standard InChI is InChI=1S/C15H23ClN2O2S/c1-15(2,3)20-14(19)11-18-8-6-17(7-9-18)10-12-4-5-13(16)21-12/h4-5H,6-11H2,1-3H3. The number of hydrogen-bond acceptors (Lipinski definition) is 5. The zero-order chi connectivity index (χ0) is 15.5. The lowest BCUT2D eigenvalue weighted by molar-refractivity contribution is -0.156. The van der Waals surface area contributed by atoms with E-state index < -0.39 is 5.60 Å². The first kappa shape index (κ1) is 16.7. The molecule has 0 aromatic carbocycles. The minimum Gasteiger partial charge on any atom is -0.459 e. The van der Waals surface area contributed by atoms with Crippen molar-refractivity contribution in [2.45, 2.75) is 32.9 Å². The van der Waals surface area contributed by atoms with Gasteiger partial charge in [0.25, 0.3) is 0 Å². The van der Waals surface area contributed by atoms with Gasteiger partial charge in [0.15, 0.2) is 0 Å². The first-order valence-electron chi connectivity index (χ1n) is 7.22. The van der Waals surface area contributed by atoms with Gasteiger partial charge in [-0.15, -0.1) is 11.3 Å². The molecule has 0 unspecified atom stereocenters. The van der Waals surface area contributed by atoms with Crippen molar-refractivity contribution in [2.75, 3.05) is 32.7 Å². The summed E-state index contributed by atoms with van der Waals surface area (Å²) in [6.45, 7) is 10.8. The summed E-state index contributed by atoms with van der Waals surface area (Å²) < 4.78 is 6.20. The Labute approximate surface area is 135 Å². The van der Waals surface area contributed by atoms with Crippen molar-refractivity contribution < 1.29 is 9.53 Å². The van der Waals surface area contributed by atoms with Crippen molar-refractivity contribution in [3.63, 3.8) is 0 Å². The maximum absolute atomic E-state index is 11.8. The molecule has 21 heavy (non-hydrogen) atoms. The fourth-order valence-electron chi connectivity index (χ4n) is 2.32. The van der Waals surface area contributed by atoms with E-state index in [1.165, 1.54) is 4.88 Å². The number of rotatable bonds is 4. The quantitative estimate of drug-likeness (QED) is 0.795. The third-order valence-corrected chi connectivity index (χ3v) is 4.46. The molecule has 0 amide bonds. The molecule has 0 saturated carbocycles. The molecular formula is C15H23ClN2O2S. The summed E-state index contributed by atoms with van der Waals surface area (Å²) in [7, 11) is 0. The summed E-state index contributed by atoms with van der Waals surface area (Å²) in [6.07, 6.45) is 0. The first-order chi connectivity index (χ1) is 9.82. The molecule has 2 heterocycles. The molecule has 1 fully saturated rings. The number of carbonyl (C=O) groups excluding carboxylic acids is 1. The lowest BCUT2D eigenvalue weighted by Gasteiger charge is -2.34. The number of hydrogen-bond donors (Lipinski definition) is 0. The zero-order valence-corrected chi connectivity index (χ0v) is 14.5. The zero-order valence-electron chi connectivity index (χ0n) is 12.9. The van der Waals surface area contributed by atoms with Crippen LogP contribution in [0.2, 0.25) is 4.34 Å². The molecule has 1 saturated heterocycles. The Hall–Kier alpha value is -0.620. The number of piperazine rings is 1. The van der Waals surface area contributed by atoms with E-state index in [1.54, 1.807) is 11.3 Å². The normalized spacial score (nSPS) is 17.9. The van der Waals surface area contributed by atoms with Crippen LogP contribution < -0.4 is 0 Å². The Kier molecular flexibility index (Phi) is 5.66. The maximum atomic E-state index is 11.8. The predicted octanol–water partition coefficient (Wildman–Crippen LogP) is 2.86. The van der Waals surface area contributed by atoms with Crippen LogP contribution in [0.5, 0.6) is 0 Å². The van der Waals surface area contributed by atoms with Gasteiger partial charge in [0, 0.05) is 37.6 Å². The van der Waals surface area contributed by atoms with Gasteiger partial charge in [-0.05, 0) is 32.9 Å². The summed E-state index contributed by atoms with van der Waals surface area (Å²) in [6, 6.07) is 4.03. The highest BCUT2D eigenvalue weighted by Crippen LogP contribution is 2.23. The van der Waals surface area contributed by atoms with E-state index in [4.69, 9.17) is 16.3 Å². The van der Waals surface area contributed by atoms with Crippen molar-refractivity contribution in [1.29, 1.82) is 0 Å². The lowest BCUT2D eigenvalue weighted by atomic mass is 10.2. The average molecular weight is 331 g/mol. The third-order valence-electron chi connectivity index (χ3n) is 3.25. The summed E-state index contributed by atoms with van der Waals surface area (Å²) in [5, 5.41) is 0. The molecule has 6 heteroatoms. The second-order valence-electron chi connectivity index (χ2n) is 6.34. The molecule has 0 N–H and O–H groups in total. The minimum atomic E-state index is -0.405. The number of esters is 1. The van der Waals surface area contributed by atoms with Crippen molar-refractivity contribution >= 4 is 28.9 Å². The Morgan fingerprint density at radius 1 is 1.24 bits per heavy atom. The van der Waals surface area contributed by atoms with Gasteiger partial charge < -0.3 is 4.74 Å². The maximum Gasteiger partial charge on any atom is 0.320 e. The number of nitrogens with zero attached hydrogens (tertiary/aromatic N) is 2. The molecule has 1 aromatic heterocycles. The van der Waals surface area contributed by atoms with Gasteiger partial charge in [0.05, 0.1) is 10.9 Å². The molecular weight excluding hydrogens is 308 g/mol. The van der Waals surface area contributed by atoms with Gasteiger partial charge in [-0.25, -0.2) is 0 Å². The molecule has 1 aromatic rings. The van der Waals surface area contributed by atoms with Gasteiger partial charge in [0.1, 0.15) is 5.60 Å². The van der Waals surface area contributed by atoms with E-state index in [0.717, 1.165) is 37.1 Å². The van der Waals surface area contributed by atoms with Gasteiger partial charge in [0.2, 0.25) is 0 Å². The first-order valence-corrected chi connectivity index (χ1v) is 8.42. The lowest BCUT2D eigenvalue weighted by Crippen LogP contribution is -2.48. The summed E-state index contributed by atoms with van der Waals surface area (Å²) in [4.78, 5) is 17.7. The van der Waals surface area contributed by atoms with Crippen LogP contribution >= 0.6 is 22.9 Å². The van der Waals surface area contributed by atoms with Crippen LogP contribution in [0, 0.1) is 0 Å². The van der Waals surface area contributed by atoms with Crippen molar-refractivity contribution in [1.82, 2.24) is 9.80 Å². The number of carbonyl (C=O) groups is 1. The van der Waals surface area contributed by atoms with E-state index in [1.807, 2.05) is 26.8 Å². The molecule has 0 bridgehead atoms. The highest BCUT2D eigenvalue weighted by Gasteiger charge is 2.22. The Morgan fingerprint density at radius 3 is 2.38 bits per heavy atom. The molecule has 4 nitrogen and oxygen atoms in total. The number of thiophene rings is 1. The van der Waals surface area contributed by atoms with Crippen LogP contribution in [0.25, 0.3) is 0 Å². The molecule has 0 aliphatic carbocycles. The Morgan fingerprint density at radius 2 is 1.86 bits per heavy atom. The van der Waals surface area contributed by atoms with Crippen molar-refractivity contribution in [2.24, 2.45) is 0 Å². The molecule has 0 radical (unpaired) electrons. The highest BCUT2D eigenvalue weighted by atomic mass is 35.5. The second kappa shape index (κ2) is 7.09. The third kappa shape index (κ3) is 5.94. The highest BCUT2D eigenvalue weighted by molar-refractivity contribution is 7.16. The van der Waals surface area contributed by atoms with Crippen LogP contribution in [0.3, 0.4) is 0 Å². The smallest absolute Gasteiger partial charge is 0.320 e. The second-order valence-corrected chi connectivity index (χ2v) is 8.14.